The molecule has 0 aliphatic heterocycles. The fourth-order valence-electron chi connectivity index (χ4n) is 0.764. The number of hydrogen-bond donors (Lipinski definition) is 1. The summed E-state index contributed by atoms with van der Waals surface area (Å²) >= 11 is 5.67. The van der Waals surface area contributed by atoms with Crippen molar-refractivity contribution in [1.82, 2.24) is 9.97 Å². The molecule has 5 heteroatoms. The summed E-state index contributed by atoms with van der Waals surface area (Å²) < 4.78 is 5.41. The maximum atomic E-state index is 5.67. The largest absolute Gasteiger partial charge is 0.475 e. The van der Waals surface area contributed by atoms with E-state index in [4.69, 9.17) is 22.1 Å². The van der Waals surface area contributed by atoms with Crippen LogP contribution in [-0.2, 0) is 0 Å². The summed E-state index contributed by atoms with van der Waals surface area (Å²) in [5.41, 5.74) is 5.39. The average Bonchev–Trinajstić information content (AvgIpc) is 2.02. The van der Waals surface area contributed by atoms with E-state index in [2.05, 4.69) is 9.97 Å². The summed E-state index contributed by atoms with van der Waals surface area (Å²) in [6.45, 7) is 3.98. The first-order valence-corrected chi connectivity index (χ1v) is 4.46. The van der Waals surface area contributed by atoms with Gasteiger partial charge in [-0.05, 0) is 13.3 Å². The second-order valence-corrected chi connectivity index (χ2v) is 3.11. The fraction of sp³-hybridized carbons (Fsp3) is 0.500. The van der Waals surface area contributed by atoms with Gasteiger partial charge in [0.2, 0.25) is 11.8 Å². The van der Waals surface area contributed by atoms with E-state index < -0.39 is 0 Å². The van der Waals surface area contributed by atoms with E-state index in [1.165, 1.54) is 0 Å². The molecule has 1 atom stereocenters. The normalized spacial score (nSPS) is 12.5. The molecule has 0 spiro atoms. The van der Waals surface area contributed by atoms with Crippen molar-refractivity contribution in [2.45, 2.75) is 26.4 Å². The monoisotopic (exact) mass is 201 g/mol. The molecule has 2 N–H and O–H groups in total. The quantitative estimate of drug-likeness (QED) is 0.759. The number of anilines is 1. The average molecular weight is 202 g/mol. The summed E-state index contributed by atoms with van der Waals surface area (Å²) in [6, 6.07) is 1.55. The second kappa shape index (κ2) is 4.28. The number of halogens is 1. The van der Waals surface area contributed by atoms with Crippen LogP contribution in [-0.4, -0.2) is 16.1 Å². The predicted molar refractivity (Wildman–Crippen MR) is 51.8 cm³/mol. The molecule has 1 heterocycles. The van der Waals surface area contributed by atoms with Crippen LogP contribution >= 0.6 is 11.6 Å². The van der Waals surface area contributed by atoms with Crippen LogP contribution in [0.5, 0.6) is 5.88 Å². The lowest BCUT2D eigenvalue weighted by atomic mass is 10.3. The number of nitrogen functional groups attached to an aromatic ring is 1. The minimum absolute atomic E-state index is 0.102. The molecule has 1 rings (SSSR count). The smallest absolute Gasteiger partial charge is 0.224 e. The Hall–Kier alpha value is -1.03. The molecule has 0 saturated heterocycles. The highest BCUT2D eigenvalue weighted by atomic mass is 35.5. The zero-order chi connectivity index (χ0) is 9.84. The van der Waals surface area contributed by atoms with Gasteiger partial charge in [0, 0.05) is 6.07 Å². The van der Waals surface area contributed by atoms with Crippen molar-refractivity contribution in [3.8, 4) is 5.88 Å². The highest BCUT2D eigenvalue weighted by Crippen LogP contribution is 2.16. The van der Waals surface area contributed by atoms with E-state index in [9.17, 15) is 0 Å². The first-order chi connectivity index (χ1) is 6.11. The third-order valence-corrected chi connectivity index (χ3v) is 1.78. The molecule has 1 aromatic heterocycles. The van der Waals surface area contributed by atoms with E-state index in [1.54, 1.807) is 6.07 Å². The SMILES string of the molecule is CCC(C)Oc1cc(Cl)nc(N)n1. The molecule has 0 aliphatic rings. The summed E-state index contributed by atoms with van der Waals surface area (Å²) in [7, 11) is 0. The minimum Gasteiger partial charge on any atom is -0.475 e. The van der Waals surface area contributed by atoms with Crippen molar-refractivity contribution in [3.05, 3.63) is 11.2 Å². The second-order valence-electron chi connectivity index (χ2n) is 2.72. The minimum atomic E-state index is 0.102. The number of hydrogen-bond acceptors (Lipinski definition) is 4. The molecule has 72 valence electrons. The van der Waals surface area contributed by atoms with Crippen molar-refractivity contribution in [2.24, 2.45) is 0 Å². The van der Waals surface area contributed by atoms with Crippen LogP contribution in [0.1, 0.15) is 20.3 Å². The zero-order valence-electron chi connectivity index (χ0n) is 7.62. The van der Waals surface area contributed by atoms with Crippen LogP contribution in [0.4, 0.5) is 5.95 Å². The van der Waals surface area contributed by atoms with Crippen LogP contribution in [0.2, 0.25) is 5.15 Å². The lowest BCUT2D eigenvalue weighted by Crippen LogP contribution is -2.11. The molecule has 1 unspecified atom stereocenters. The van der Waals surface area contributed by atoms with Crippen LogP contribution in [0.15, 0.2) is 6.07 Å². The lowest BCUT2D eigenvalue weighted by Gasteiger charge is -2.11. The van der Waals surface area contributed by atoms with Gasteiger partial charge in [0.05, 0.1) is 6.10 Å². The van der Waals surface area contributed by atoms with Crippen molar-refractivity contribution >= 4 is 17.5 Å². The Kier molecular flexibility index (Phi) is 3.31. The van der Waals surface area contributed by atoms with E-state index in [0.29, 0.717) is 11.0 Å². The number of aromatic nitrogens is 2. The standard InChI is InChI=1S/C8H12ClN3O/c1-3-5(2)13-7-4-6(9)11-8(10)12-7/h4-5H,3H2,1-2H3,(H2,10,11,12). The molecule has 1 aromatic rings. The Balaban J connectivity index is 2.77. The first-order valence-electron chi connectivity index (χ1n) is 4.08. The zero-order valence-corrected chi connectivity index (χ0v) is 8.38. The molecule has 0 aliphatic carbocycles. The molecule has 0 bridgehead atoms. The van der Waals surface area contributed by atoms with E-state index in [0.717, 1.165) is 6.42 Å². The topological polar surface area (TPSA) is 61.0 Å². The van der Waals surface area contributed by atoms with Gasteiger partial charge in [-0.15, -0.1) is 0 Å². The number of nitrogens with zero attached hydrogens (tertiary/aromatic N) is 2. The van der Waals surface area contributed by atoms with Gasteiger partial charge in [0.1, 0.15) is 5.15 Å². The van der Waals surface area contributed by atoms with Crippen molar-refractivity contribution in [1.29, 1.82) is 0 Å². The van der Waals surface area contributed by atoms with E-state index in [-0.39, 0.29) is 12.1 Å². The van der Waals surface area contributed by atoms with Crippen molar-refractivity contribution in [2.75, 3.05) is 5.73 Å². The summed E-state index contributed by atoms with van der Waals surface area (Å²) in [6.07, 6.45) is 1.01. The van der Waals surface area contributed by atoms with Gasteiger partial charge in [0.25, 0.3) is 0 Å². The van der Waals surface area contributed by atoms with Gasteiger partial charge in [-0.2, -0.15) is 4.98 Å². The van der Waals surface area contributed by atoms with E-state index >= 15 is 0 Å². The van der Waals surface area contributed by atoms with Crippen LogP contribution in [0.3, 0.4) is 0 Å². The van der Waals surface area contributed by atoms with Crippen LogP contribution < -0.4 is 10.5 Å². The highest BCUT2D eigenvalue weighted by Gasteiger charge is 2.04. The van der Waals surface area contributed by atoms with Gasteiger partial charge < -0.3 is 10.5 Å². The van der Waals surface area contributed by atoms with Gasteiger partial charge in [-0.1, -0.05) is 18.5 Å². The van der Waals surface area contributed by atoms with Crippen molar-refractivity contribution in [3.63, 3.8) is 0 Å². The summed E-state index contributed by atoms with van der Waals surface area (Å²) in [5, 5.41) is 0.297. The Bertz CT molecular complexity index is 272. The van der Waals surface area contributed by atoms with Gasteiger partial charge >= 0.3 is 0 Å². The Labute approximate surface area is 82.1 Å². The number of rotatable bonds is 3. The number of ether oxygens (including phenoxy) is 1. The highest BCUT2D eigenvalue weighted by molar-refractivity contribution is 6.29. The Morgan fingerprint density at radius 2 is 2.31 bits per heavy atom. The molecule has 0 amide bonds. The molecule has 0 saturated carbocycles. The predicted octanol–water partition coefficient (Wildman–Crippen LogP) is 1.89. The van der Waals surface area contributed by atoms with Gasteiger partial charge in [-0.25, -0.2) is 4.98 Å². The Morgan fingerprint density at radius 1 is 1.62 bits per heavy atom. The van der Waals surface area contributed by atoms with E-state index in [1.807, 2.05) is 13.8 Å². The molecular formula is C8H12ClN3O. The third kappa shape index (κ3) is 3.06. The third-order valence-electron chi connectivity index (χ3n) is 1.59. The Morgan fingerprint density at radius 3 is 2.85 bits per heavy atom. The molecule has 0 fully saturated rings. The maximum Gasteiger partial charge on any atom is 0.224 e. The molecular weight excluding hydrogens is 190 g/mol. The molecule has 4 nitrogen and oxygen atoms in total. The number of nitrogens with two attached hydrogens (primary N) is 1. The van der Waals surface area contributed by atoms with Gasteiger partial charge in [0.15, 0.2) is 0 Å². The summed E-state index contributed by atoms with van der Waals surface area (Å²) in [5.74, 6) is 0.553. The fourth-order valence-corrected chi connectivity index (χ4v) is 0.944. The molecule has 13 heavy (non-hydrogen) atoms. The lowest BCUT2D eigenvalue weighted by molar-refractivity contribution is 0.208. The maximum absolute atomic E-state index is 5.67. The molecule has 0 radical (unpaired) electrons. The van der Waals surface area contributed by atoms with Crippen LogP contribution in [0, 0.1) is 0 Å². The summed E-state index contributed by atoms with van der Waals surface area (Å²) in [4.78, 5) is 7.60. The molecule has 0 aromatic carbocycles. The van der Waals surface area contributed by atoms with Crippen LogP contribution in [0.25, 0.3) is 0 Å². The van der Waals surface area contributed by atoms with Gasteiger partial charge in [-0.3, -0.25) is 0 Å². The first kappa shape index (κ1) is 10.1. The van der Waals surface area contributed by atoms with Crippen molar-refractivity contribution < 1.29 is 4.74 Å².